The zero-order valence-electron chi connectivity index (χ0n) is 22.2. The number of benzene rings is 3. The van der Waals surface area contributed by atoms with Gasteiger partial charge in [-0.2, -0.15) is 8.42 Å². The van der Waals surface area contributed by atoms with Crippen LogP contribution in [0.4, 0.5) is 11.4 Å². The normalized spacial score (nSPS) is 12.6. The molecule has 13 nitrogen and oxygen atoms in total. The highest BCUT2D eigenvalue weighted by Gasteiger charge is 2.25. The van der Waals surface area contributed by atoms with Crippen molar-refractivity contribution in [3.05, 3.63) is 94.3 Å². The second kappa shape index (κ2) is 12.2. The summed E-state index contributed by atoms with van der Waals surface area (Å²) in [4.78, 5) is 26.8. The van der Waals surface area contributed by atoms with Crippen LogP contribution in [-0.2, 0) is 31.4 Å². The van der Waals surface area contributed by atoms with Crippen LogP contribution in [0.5, 0.6) is 0 Å². The monoisotopic (exact) mass is 613 g/mol. The number of hydrogen-bond acceptors (Lipinski definition) is 9. The molecular weight excluding hydrogens is 586 g/mol. The molecule has 1 heterocycles. The molecule has 0 radical (unpaired) electrons. The van der Waals surface area contributed by atoms with Gasteiger partial charge in [0.1, 0.15) is 10.9 Å². The summed E-state index contributed by atoms with van der Waals surface area (Å²) < 4.78 is 60.2. The summed E-state index contributed by atoms with van der Waals surface area (Å²) in [7, 11) is -8.22. The molecule has 5 N–H and O–H groups in total. The maximum Gasteiger partial charge on any atom is 0.295 e. The minimum Gasteiger partial charge on any atom is -0.368 e. The van der Waals surface area contributed by atoms with Gasteiger partial charge in [0.05, 0.1) is 16.9 Å². The number of nitro groups is 1. The second-order valence-electron chi connectivity index (χ2n) is 9.51. The molecule has 4 rings (SSSR count). The first-order chi connectivity index (χ1) is 19.7. The average molecular weight is 614 g/mol. The van der Waals surface area contributed by atoms with Gasteiger partial charge in [-0.25, -0.2) is 8.42 Å². The van der Waals surface area contributed by atoms with Crippen LogP contribution >= 0.6 is 0 Å². The Morgan fingerprint density at radius 3 is 2.24 bits per heavy atom. The van der Waals surface area contributed by atoms with Gasteiger partial charge in [-0.15, -0.1) is 0 Å². The maximum atomic E-state index is 12.5. The number of hydrogen-bond donors (Lipinski definition) is 4. The van der Waals surface area contributed by atoms with E-state index in [0.717, 1.165) is 11.8 Å². The first-order valence-corrected chi connectivity index (χ1v) is 15.8. The number of non-ortho nitro benzene ring substituents is 1. The van der Waals surface area contributed by atoms with E-state index in [2.05, 4.69) is 15.0 Å². The van der Waals surface area contributed by atoms with Crippen molar-refractivity contribution in [3.63, 3.8) is 0 Å². The molecule has 0 aliphatic heterocycles. The molecule has 0 aliphatic carbocycles. The fourth-order valence-electron chi connectivity index (χ4n) is 4.48. The number of nitrogens with two attached hydrogens (primary N) is 1. The fourth-order valence-corrected chi connectivity index (χ4v) is 5.78. The number of sulfonamides is 1. The van der Waals surface area contributed by atoms with E-state index in [1.54, 1.807) is 30.3 Å². The van der Waals surface area contributed by atoms with Gasteiger partial charge in [0.2, 0.25) is 15.9 Å². The quantitative estimate of drug-likeness (QED) is 0.0793. The molecule has 0 saturated heterocycles. The number of fused-ring (bicyclic) bond motifs is 1. The molecule has 3 aromatic carbocycles. The van der Waals surface area contributed by atoms with E-state index in [1.807, 2.05) is 0 Å². The summed E-state index contributed by atoms with van der Waals surface area (Å²) >= 11 is 0. The van der Waals surface area contributed by atoms with Crippen LogP contribution in [0.3, 0.4) is 0 Å². The number of nitrogens with zero attached hydrogens (tertiary/aromatic N) is 2. The SMILES string of the molecule is CS(=O)(=O)Nc1ccc(-c2cc(S(=O)(=O)O)c3ccnc(C(NCCCc4ccc([N+](=O)[O-])cc4)C(N)=O)c3c2)cc1. The van der Waals surface area contributed by atoms with E-state index < -0.39 is 41.9 Å². The van der Waals surface area contributed by atoms with Crippen molar-refractivity contribution >= 4 is 48.2 Å². The van der Waals surface area contributed by atoms with E-state index >= 15 is 0 Å². The van der Waals surface area contributed by atoms with Crippen molar-refractivity contribution in [1.82, 2.24) is 10.3 Å². The number of amides is 1. The number of rotatable bonds is 12. The summed E-state index contributed by atoms with van der Waals surface area (Å²) in [5.41, 5.74) is 7.86. The summed E-state index contributed by atoms with van der Waals surface area (Å²) in [5, 5.41) is 14.3. The van der Waals surface area contributed by atoms with E-state index in [-0.39, 0.29) is 22.2 Å². The number of nitrogens with one attached hydrogen (secondary N) is 2. The molecule has 0 aliphatic rings. The predicted molar refractivity (Wildman–Crippen MR) is 157 cm³/mol. The Morgan fingerprint density at radius 1 is 1.00 bits per heavy atom. The Hall–Kier alpha value is -4.44. The third-order valence-electron chi connectivity index (χ3n) is 6.37. The zero-order chi connectivity index (χ0) is 30.7. The van der Waals surface area contributed by atoms with Gasteiger partial charge in [0, 0.05) is 34.8 Å². The van der Waals surface area contributed by atoms with Crippen LogP contribution in [-0.4, -0.2) is 50.0 Å². The van der Waals surface area contributed by atoms with Gasteiger partial charge in [-0.3, -0.25) is 29.2 Å². The fraction of sp³-hybridized carbons (Fsp3) is 0.185. The standard InChI is InChI=1S/C27H27N5O8S2/c1-41(36,37)31-20-8-6-18(7-9-20)19-15-23-22(24(16-19)42(38,39)40)12-14-30-25(23)26(27(28)33)29-13-2-3-17-4-10-21(11-5-17)32(34)35/h4-12,14-16,26,29,31H,2-3,13H2,1H3,(H2,28,33)(H,38,39,40). The molecule has 15 heteroatoms. The summed E-state index contributed by atoms with van der Waals surface area (Å²) in [6.45, 7) is 0.308. The highest BCUT2D eigenvalue weighted by molar-refractivity contribution is 7.92. The van der Waals surface area contributed by atoms with Crippen LogP contribution in [0.2, 0.25) is 0 Å². The van der Waals surface area contributed by atoms with Crippen molar-refractivity contribution in [2.24, 2.45) is 5.73 Å². The van der Waals surface area contributed by atoms with E-state index in [4.69, 9.17) is 5.73 Å². The Bertz CT molecular complexity index is 1860. The number of anilines is 1. The minimum atomic E-state index is -4.71. The Labute approximate surface area is 241 Å². The van der Waals surface area contributed by atoms with E-state index in [0.29, 0.717) is 36.2 Å². The number of aromatic nitrogens is 1. The number of nitro benzene ring substituents is 1. The van der Waals surface area contributed by atoms with Gasteiger partial charge >= 0.3 is 0 Å². The first kappa shape index (κ1) is 30.5. The third-order valence-corrected chi connectivity index (χ3v) is 7.87. The topological polar surface area (TPSA) is 212 Å². The molecule has 1 atom stereocenters. The Morgan fingerprint density at radius 2 is 1.67 bits per heavy atom. The summed E-state index contributed by atoms with van der Waals surface area (Å²) in [5.74, 6) is -0.764. The molecule has 1 aromatic heterocycles. The highest BCUT2D eigenvalue weighted by Crippen LogP contribution is 2.34. The first-order valence-electron chi connectivity index (χ1n) is 12.5. The lowest BCUT2D eigenvalue weighted by atomic mass is 9.98. The number of carbonyl (C=O) groups excluding carboxylic acids is 1. The van der Waals surface area contributed by atoms with Crippen molar-refractivity contribution in [2.45, 2.75) is 23.8 Å². The van der Waals surface area contributed by atoms with Gasteiger partial charge < -0.3 is 11.1 Å². The summed E-state index contributed by atoms with van der Waals surface area (Å²) in [6.07, 6.45) is 3.42. The molecule has 0 fully saturated rings. The largest absolute Gasteiger partial charge is 0.368 e. The third kappa shape index (κ3) is 7.44. The minimum absolute atomic E-state index is 0.0159. The molecule has 0 saturated carbocycles. The van der Waals surface area contributed by atoms with Crippen molar-refractivity contribution < 1.29 is 31.1 Å². The zero-order valence-corrected chi connectivity index (χ0v) is 23.9. The lowest BCUT2D eigenvalue weighted by Crippen LogP contribution is -2.35. The number of primary amides is 1. The summed E-state index contributed by atoms with van der Waals surface area (Å²) in [6, 6.07) is 15.4. The number of aryl methyl sites for hydroxylation is 1. The predicted octanol–water partition coefficient (Wildman–Crippen LogP) is 3.18. The van der Waals surface area contributed by atoms with Gasteiger partial charge in [0.25, 0.3) is 15.8 Å². The molecule has 0 bridgehead atoms. The van der Waals surface area contributed by atoms with E-state index in [9.17, 15) is 36.3 Å². The Balaban J connectivity index is 1.66. The smallest absolute Gasteiger partial charge is 0.295 e. The van der Waals surface area contributed by atoms with Crippen molar-refractivity contribution in [2.75, 3.05) is 17.5 Å². The van der Waals surface area contributed by atoms with Gasteiger partial charge in [0.15, 0.2) is 0 Å². The second-order valence-corrected chi connectivity index (χ2v) is 12.6. The van der Waals surface area contributed by atoms with Crippen LogP contribution < -0.4 is 15.8 Å². The molecule has 1 unspecified atom stereocenters. The lowest BCUT2D eigenvalue weighted by molar-refractivity contribution is -0.384. The van der Waals surface area contributed by atoms with Crippen LogP contribution in [0.25, 0.3) is 21.9 Å². The van der Waals surface area contributed by atoms with Crippen LogP contribution in [0.1, 0.15) is 23.7 Å². The number of carbonyl (C=O) groups is 1. The van der Waals surface area contributed by atoms with Crippen molar-refractivity contribution in [3.8, 4) is 11.1 Å². The number of pyridine rings is 1. The lowest BCUT2D eigenvalue weighted by Gasteiger charge is -2.18. The molecule has 1 amide bonds. The maximum absolute atomic E-state index is 12.5. The van der Waals surface area contributed by atoms with Gasteiger partial charge in [-0.1, -0.05) is 24.3 Å². The average Bonchev–Trinajstić information content (AvgIpc) is 2.91. The Kier molecular flexibility index (Phi) is 8.86. The van der Waals surface area contributed by atoms with Gasteiger partial charge in [-0.05, 0) is 66.4 Å². The molecule has 0 spiro atoms. The van der Waals surface area contributed by atoms with Crippen LogP contribution in [0.15, 0.2) is 77.8 Å². The van der Waals surface area contributed by atoms with Crippen molar-refractivity contribution in [1.29, 1.82) is 0 Å². The molecule has 42 heavy (non-hydrogen) atoms. The van der Waals surface area contributed by atoms with Crippen LogP contribution in [0, 0.1) is 10.1 Å². The molecule has 4 aromatic rings. The highest BCUT2D eigenvalue weighted by atomic mass is 32.2. The van der Waals surface area contributed by atoms with E-state index in [1.165, 1.54) is 42.6 Å². The molecular formula is C27H27N5O8S2. The molecule has 220 valence electrons.